The molecule has 0 bridgehead atoms. The molecule has 2 aromatic heterocycles. The Bertz CT molecular complexity index is 699. The first-order valence-corrected chi connectivity index (χ1v) is 5.88. The third kappa shape index (κ3) is 1.52. The van der Waals surface area contributed by atoms with Crippen LogP contribution in [0.4, 0.5) is 0 Å². The Hall–Kier alpha value is -2.14. The second-order valence-electron chi connectivity index (χ2n) is 3.58. The fourth-order valence-electron chi connectivity index (χ4n) is 1.86. The molecule has 0 aliphatic rings. The predicted molar refractivity (Wildman–Crippen MR) is 66.4 cm³/mol. The zero-order chi connectivity index (χ0) is 11.8. The van der Waals surface area contributed by atoms with Gasteiger partial charge in [0.25, 0.3) is 0 Å². The number of aromatic nitrogens is 2. The summed E-state index contributed by atoms with van der Waals surface area (Å²) in [5.74, 6) is -0.937. The molecule has 3 rings (SSSR count). The summed E-state index contributed by atoms with van der Waals surface area (Å²) in [4.78, 5) is 18.6. The smallest absolute Gasteiger partial charge is 0.348 e. The van der Waals surface area contributed by atoms with Crippen molar-refractivity contribution >= 4 is 28.2 Å². The van der Waals surface area contributed by atoms with E-state index in [1.807, 2.05) is 24.3 Å². The minimum Gasteiger partial charge on any atom is -0.477 e. The number of nitrogens with zero attached hydrogens (tertiary/aromatic N) is 1. The molecular weight excluding hydrogens is 236 g/mol. The lowest BCUT2D eigenvalue weighted by molar-refractivity contribution is 0.0703. The molecule has 0 fully saturated rings. The van der Waals surface area contributed by atoms with Gasteiger partial charge in [0.1, 0.15) is 4.88 Å². The van der Waals surface area contributed by atoms with E-state index >= 15 is 0 Å². The molecule has 17 heavy (non-hydrogen) atoms. The molecule has 84 valence electrons. The molecule has 0 saturated heterocycles. The van der Waals surface area contributed by atoms with Gasteiger partial charge < -0.3 is 10.1 Å². The molecule has 0 unspecified atom stereocenters. The van der Waals surface area contributed by atoms with Crippen molar-refractivity contribution in [2.24, 2.45) is 0 Å². The quantitative estimate of drug-likeness (QED) is 0.728. The highest BCUT2D eigenvalue weighted by Crippen LogP contribution is 2.31. The average molecular weight is 244 g/mol. The minimum atomic E-state index is -0.937. The van der Waals surface area contributed by atoms with Crippen LogP contribution < -0.4 is 0 Å². The molecule has 0 saturated carbocycles. The van der Waals surface area contributed by atoms with Crippen molar-refractivity contribution in [1.29, 1.82) is 0 Å². The van der Waals surface area contributed by atoms with Gasteiger partial charge in [0.2, 0.25) is 0 Å². The molecule has 0 amide bonds. The summed E-state index contributed by atoms with van der Waals surface area (Å²) < 4.78 is 0. The maximum absolute atomic E-state index is 11.1. The second-order valence-corrected chi connectivity index (χ2v) is 4.44. The van der Waals surface area contributed by atoms with E-state index in [1.54, 1.807) is 11.7 Å². The van der Waals surface area contributed by atoms with Crippen LogP contribution in [0.5, 0.6) is 0 Å². The summed E-state index contributed by atoms with van der Waals surface area (Å²) in [6.07, 6.45) is 1.80. The van der Waals surface area contributed by atoms with Crippen LogP contribution in [0.2, 0.25) is 0 Å². The highest BCUT2D eigenvalue weighted by atomic mass is 32.1. The van der Waals surface area contributed by atoms with E-state index in [9.17, 15) is 4.79 Å². The van der Waals surface area contributed by atoms with Crippen molar-refractivity contribution in [3.05, 3.63) is 40.8 Å². The molecule has 0 aliphatic heterocycles. The van der Waals surface area contributed by atoms with Crippen molar-refractivity contribution in [2.45, 2.75) is 0 Å². The van der Waals surface area contributed by atoms with Gasteiger partial charge >= 0.3 is 5.97 Å². The monoisotopic (exact) mass is 244 g/mol. The molecule has 0 radical (unpaired) electrons. The van der Waals surface area contributed by atoms with Crippen LogP contribution in [0, 0.1) is 0 Å². The Balaban J connectivity index is 2.28. The number of fused-ring (bicyclic) bond motifs is 1. The molecule has 1 aromatic carbocycles. The van der Waals surface area contributed by atoms with E-state index in [0.29, 0.717) is 5.69 Å². The zero-order valence-electron chi connectivity index (χ0n) is 8.68. The van der Waals surface area contributed by atoms with Crippen molar-refractivity contribution in [3.63, 3.8) is 0 Å². The van der Waals surface area contributed by atoms with Gasteiger partial charge in [0, 0.05) is 22.7 Å². The molecule has 2 N–H and O–H groups in total. The van der Waals surface area contributed by atoms with Gasteiger partial charge in [0.05, 0.1) is 11.2 Å². The van der Waals surface area contributed by atoms with Gasteiger partial charge in [-0.05, 0) is 6.07 Å². The fraction of sp³-hybridized carbons (Fsp3) is 0. The van der Waals surface area contributed by atoms with E-state index in [2.05, 4.69) is 9.97 Å². The number of nitrogens with one attached hydrogen (secondary N) is 1. The number of carbonyl (C=O) groups is 1. The molecule has 0 atom stereocenters. The number of H-pyrrole nitrogens is 1. The van der Waals surface area contributed by atoms with Crippen molar-refractivity contribution < 1.29 is 9.90 Å². The molecule has 2 heterocycles. The highest BCUT2D eigenvalue weighted by Gasteiger charge is 2.17. The van der Waals surface area contributed by atoms with Gasteiger partial charge in [-0.1, -0.05) is 18.2 Å². The number of carboxylic acid groups (broad SMARTS) is 1. The Morgan fingerprint density at radius 1 is 1.35 bits per heavy atom. The minimum absolute atomic E-state index is 0.273. The lowest BCUT2D eigenvalue weighted by atomic mass is 10.1. The van der Waals surface area contributed by atoms with Crippen LogP contribution in [-0.4, -0.2) is 21.0 Å². The number of hydrogen-bond acceptors (Lipinski definition) is 3. The Morgan fingerprint density at radius 2 is 2.18 bits per heavy atom. The first kappa shape index (κ1) is 10.0. The lowest BCUT2D eigenvalue weighted by Gasteiger charge is -1.96. The van der Waals surface area contributed by atoms with E-state index < -0.39 is 5.97 Å². The van der Waals surface area contributed by atoms with E-state index in [0.717, 1.165) is 27.8 Å². The van der Waals surface area contributed by atoms with E-state index in [1.165, 1.54) is 0 Å². The molecule has 5 heteroatoms. The standard InChI is InChI=1S/C12H8N2O2S/c15-12(16)11-10(14-6-17-11)8-5-13-9-4-2-1-3-7(8)9/h1-6,13H,(H,15,16). The van der Waals surface area contributed by atoms with Crippen LogP contribution in [0.15, 0.2) is 36.0 Å². The number of aromatic amines is 1. The molecule has 4 nitrogen and oxygen atoms in total. The maximum Gasteiger partial charge on any atom is 0.348 e. The molecule has 0 spiro atoms. The predicted octanol–water partition coefficient (Wildman–Crippen LogP) is 2.99. The van der Waals surface area contributed by atoms with Gasteiger partial charge in [-0.2, -0.15) is 0 Å². The van der Waals surface area contributed by atoms with E-state index in [-0.39, 0.29) is 4.88 Å². The maximum atomic E-state index is 11.1. The van der Waals surface area contributed by atoms with Gasteiger partial charge in [0.15, 0.2) is 0 Å². The van der Waals surface area contributed by atoms with Gasteiger partial charge in [-0.15, -0.1) is 11.3 Å². The second kappa shape index (κ2) is 3.71. The van der Waals surface area contributed by atoms with Gasteiger partial charge in [-0.3, -0.25) is 0 Å². The number of thiazole rings is 1. The first-order chi connectivity index (χ1) is 8.27. The highest BCUT2D eigenvalue weighted by molar-refractivity contribution is 7.12. The summed E-state index contributed by atoms with van der Waals surface area (Å²) in [7, 11) is 0. The number of carboxylic acids is 1. The number of para-hydroxylation sites is 1. The van der Waals surface area contributed by atoms with Gasteiger partial charge in [-0.25, -0.2) is 9.78 Å². The third-order valence-corrected chi connectivity index (χ3v) is 3.42. The summed E-state index contributed by atoms with van der Waals surface area (Å²) in [5.41, 5.74) is 3.90. The number of hydrogen-bond donors (Lipinski definition) is 2. The van der Waals surface area contributed by atoms with Crippen molar-refractivity contribution in [1.82, 2.24) is 9.97 Å². The fourth-order valence-corrected chi connectivity index (χ4v) is 2.50. The van der Waals surface area contributed by atoms with Crippen LogP contribution in [0.1, 0.15) is 9.67 Å². The first-order valence-electron chi connectivity index (χ1n) is 5.00. The molecule has 0 aliphatic carbocycles. The number of benzene rings is 1. The Labute approximate surface area is 101 Å². The van der Waals surface area contributed by atoms with Crippen LogP contribution in [0.25, 0.3) is 22.2 Å². The molecular formula is C12H8N2O2S. The lowest BCUT2D eigenvalue weighted by Crippen LogP contribution is -1.94. The normalized spacial score (nSPS) is 10.8. The summed E-state index contributed by atoms with van der Waals surface area (Å²) in [6, 6.07) is 7.76. The Morgan fingerprint density at radius 3 is 3.00 bits per heavy atom. The van der Waals surface area contributed by atoms with Crippen molar-refractivity contribution in [3.8, 4) is 11.3 Å². The van der Waals surface area contributed by atoms with Crippen LogP contribution in [0.3, 0.4) is 0 Å². The summed E-state index contributed by atoms with van der Waals surface area (Å²) in [5, 5.41) is 10.1. The summed E-state index contributed by atoms with van der Waals surface area (Å²) >= 11 is 1.14. The summed E-state index contributed by atoms with van der Waals surface area (Å²) in [6.45, 7) is 0. The van der Waals surface area contributed by atoms with Crippen molar-refractivity contribution in [2.75, 3.05) is 0 Å². The SMILES string of the molecule is O=C(O)c1scnc1-c1c[nH]c2ccccc12. The number of rotatable bonds is 2. The molecule has 3 aromatic rings. The van der Waals surface area contributed by atoms with E-state index in [4.69, 9.17) is 5.11 Å². The average Bonchev–Trinajstić information content (AvgIpc) is 2.94. The Kier molecular flexibility index (Phi) is 2.19. The largest absolute Gasteiger partial charge is 0.477 e. The topological polar surface area (TPSA) is 66.0 Å². The third-order valence-electron chi connectivity index (χ3n) is 2.61. The van der Waals surface area contributed by atoms with Crippen LogP contribution >= 0.6 is 11.3 Å². The zero-order valence-corrected chi connectivity index (χ0v) is 9.49. The number of aromatic carboxylic acids is 1. The van der Waals surface area contributed by atoms with Crippen LogP contribution in [-0.2, 0) is 0 Å².